The Morgan fingerprint density at radius 3 is 2.91 bits per heavy atom. The lowest BCUT2D eigenvalue weighted by Gasteiger charge is -2.32. The van der Waals surface area contributed by atoms with Crippen LogP contribution in [0.4, 0.5) is 0 Å². The van der Waals surface area contributed by atoms with E-state index in [4.69, 9.17) is 18.0 Å². The van der Waals surface area contributed by atoms with Gasteiger partial charge in [0.2, 0.25) is 0 Å². The van der Waals surface area contributed by atoms with Gasteiger partial charge in [-0.25, -0.2) is 10.9 Å². The van der Waals surface area contributed by atoms with E-state index in [2.05, 4.69) is 27.0 Å². The molecular formula is C4H10N6S. The number of nitrogens with two attached hydrogens (primary N) is 1. The van der Waals surface area contributed by atoms with Gasteiger partial charge in [0.15, 0.2) is 5.11 Å². The van der Waals surface area contributed by atoms with Gasteiger partial charge in [0.25, 0.3) is 0 Å². The van der Waals surface area contributed by atoms with Gasteiger partial charge in [-0.3, -0.25) is 0 Å². The molecule has 0 saturated carbocycles. The van der Waals surface area contributed by atoms with Crippen LogP contribution in [0.15, 0.2) is 0 Å². The SMILES string of the molecule is NC1NC(=S)NC2NNNC12. The third-order valence-corrected chi connectivity index (χ3v) is 2.03. The average Bonchev–Trinajstić information content (AvgIpc) is 2.34. The Balaban J connectivity index is 2.10. The minimum absolute atomic E-state index is 0.0683. The molecule has 11 heavy (non-hydrogen) atoms. The van der Waals surface area contributed by atoms with Gasteiger partial charge in [-0.1, -0.05) is 0 Å². The first-order valence-electron chi connectivity index (χ1n) is 3.36. The summed E-state index contributed by atoms with van der Waals surface area (Å²) in [5, 5.41) is 6.50. The van der Waals surface area contributed by atoms with Crippen LogP contribution in [0.25, 0.3) is 0 Å². The van der Waals surface area contributed by atoms with Crippen molar-refractivity contribution in [2.45, 2.75) is 18.4 Å². The molecule has 0 bridgehead atoms. The van der Waals surface area contributed by atoms with Crippen molar-refractivity contribution in [1.29, 1.82) is 0 Å². The molecule has 0 amide bonds. The maximum absolute atomic E-state index is 5.73. The number of hydrogen-bond acceptors (Lipinski definition) is 5. The molecule has 7 heteroatoms. The summed E-state index contributed by atoms with van der Waals surface area (Å²) in [4.78, 5) is 0. The van der Waals surface area contributed by atoms with E-state index in [1.807, 2.05) is 0 Å². The van der Waals surface area contributed by atoms with E-state index in [0.29, 0.717) is 5.11 Å². The zero-order chi connectivity index (χ0) is 7.84. The van der Waals surface area contributed by atoms with Gasteiger partial charge in [0.1, 0.15) is 6.17 Å². The first kappa shape index (κ1) is 7.19. The van der Waals surface area contributed by atoms with Crippen LogP contribution in [0.3, 0.4) is 0 Å². The maximum Gasteiger partial charge on any atom is 0.168 e. The molecule has 0 aliphatic carbocycles. The molecule has 2 rings (SSSR count). The Morgan fingerprint density at radius 1 is 1.27 bits per heavy atom. The zero-order valence-corrected chi connectivity index (χ0v) is 6.53. The summed E-state index contributed by atoms with van der Waals surface area (Å²) in [7, 11) is 0. The number of rotatable bonds is 0. The average molecular weight is 174 g/mol. The van der Waals surface area contributed by atoms with E-state index in [9.17, 15) is 0 Å². The van der Waals surface area contributed by atoms with Crippen LogP contribution in [0.1, 0.15) is 0 Å². The second kappa shape index (κ2) is 2.54. The lowest BCUT2D eigenvalue weighted by Crippen LogP contribution is -2.69. The highest BCUT2D eigenvalue weighted by Gasteiger charge is 2.36. The Morgan fingerprint density at radius 2 is 2.09 bits per heavy atom. The van der Waals surface area contributed by atoms with Crippen LogP contribution in [0.5, 0.6) is 0 Å². The van der Waals surface area contributed by atoms with Crippen LogP contribution in [-0.4, -0.2) is 23.5 Å². The van der Waals surface area contributed by atoms with Gasteiger partial charge in [-0.2, -0.15) is 5.53 Å². The molecular weight excluding hydrogens is 164 g/mol. The molecule has 0 aromatic rings. The van der Waals surface area contributed by atoms with Crippen molar-refractivity contribution in [3.05, 3.63) is 0 Å². The lowest BCUT2D eigenvalue weighted by atomic mass is 10.1. The van der Waals surface area contributed by atoms with Crippen molar-refractivity contribution in [2.24, 2.45) is 5.73 Å². The van der Waals surface area contributed by atoms with E-state index in [1.165, 1.54) is 0 Å². The van der Waals surface area contributed by atoms with Crippen LogP contribution in [-0.2, 0) is 0 Å². The maximum atomic E-state index is 5.73. The van der Waals surface area contributed by atoms with Crippen LogP contribution >= 0.6 is 12.2 Å². The van der Waals surface area contributed by atoms with Gasteiger partial charge in [0, 0.05) is 0 Å². The number of nitrogens with one attached hydrogen (secondary N) is 5. The highest BCUT2D eigenvalue weighted by molar-refractivity contribution is 7.80. The van der Waals surface area contributed by atoms with Gasteiger partial charge >= 0.3 is 0 Å². The van der Waals surface area contributed by atoms with Gasteiger partial charge < -0.3 is 16.4 Å². The Kier molecular flexibility index (Phi) is 1.66. The largest absolute Gasteiger partial charge is 0.346 e. The summed E-state index contributed by atoms with van der Waals surface area (Å²) >= 11 is 4.91. The van der Waals surface area contributed by atoms with Gasteiger partial charge in [-0.05, 0) is 12.2 Å². The molecule has 3 unspecified atom stereocenters. The fraction of sp³-hybridized carbons (Fsp3) is 0.750. The molecule has 62 valence electrons. The smallest absolute Gasteiger partial charge is 0.168 e. The third kappa shape index (κ3) is 1.17. The quantitative estimate of drug-likeness (QED) is 0.219. The van der Waals surface area contributed by atoms with Crippen molar-refractivity contribution in [1.82, 2.24) is 27.0 Å². The Bertz CT molecular complexity index is 183. The van der Waals surface area contributed by atoms with Crippen LogP contribution in [0, 0.1) is 0 Å². The summed E-state index contributed by atoms with van der Waals surface area (Å²) in [6.45, 7) is 0. The minimum Gasteiger partial charge on any atom is -0.346 e. The summed E-state index contributed by atoms with van der Waals surface area (Å²) in [6.07, 6.45) is -0.0880. The minimum atomic E-state index is -0.156. The highest BCUT2D eigenvalue weighted by Crippen LogP contribution is 2.01. The van der Waals surface area contributed by atoms with Crippen LogP contribution in [0.2, 0.25) is 0 Å². The predicted molar refractivity (Wildman–Crippen MR) is 43.8 cm³/mol. The van der Waals surface area contributed by atoms with Gasteiger partial charge in [-0.15, -0.1) is 0 Å². The van der Waals surface area contributed by atoms with Gasteiger partial charge in [0.05, 0.1) is 12.2 Å². The second-order valence-electron chi connectivity index (χ2n) is 2.56. The highest BCUT2D eigenvalue weighted by atomic mass is 32.1. The fourth-order valence-electron chi connectivity index (χ4n) is 1.22. The molecule has 0 aromatic heterocycles. The van der Waals surface area contributed by atoms with Crippen molar-refractivity contribution >= 4 is 17.3 Å². The first-order valence-corrected chi connectivity index (χ1v) is 3.77. The van der Waals surface area contributed by atoms with E-state index in [-0.39, 0.29) is 18.4 Å². The molecule has 0 radical (unpaired) electrons. The van der Waals surface area contributed by atoms with Crippen molar-refractivity contribution in [3.63, 3.8) is 0 Å². The number of fused-ring (bicyclic) bond motifs is 1. The van der Waals surface area contributed by atoms with E-state index in [1.54, 1.807) is 0 Å². The molecule has 6 nitrogen and oxygen atoms in total. The lowest BCUT2D eigenvalue weighted by molar-refractivity contribution is 0.363. The summed E-state index contributed by atoms with van der Waals surface area (Å²) in [6, 6.07) is 0.113. The second-order valence-corrected chi connectivity index (χ2v) is 2.97. The molecule has 7 N–H and O–H groups in total. The Hall–Kier alpha value is -0.470. The number of thiocarbonyl (C=S) groups is 1. The fourth-order valence-corrected chi connectivity index (χ4v) is 1.49. The van der Waals surface area contributed by atoms with Crippen molar-refractivity contribution in [2.75, 3.05) is 0 Å². The number of hydrazine groups is 2. The first-order chi connectivity index (χ1) is 5.27. The van der Waals surface area contributed by atoms with Crippen molar-refractivity contribution < 1.29 is 0 Å². The molecule has 3 atom stereocenters. The standard InChI is InChI=1S/C4H10N6S/c5-2-1-3(9-10-8-1)7-4(11)6-2/h1-3,8-10H,5H2,(H2,6,7,11). The van der Waals surface area contributed by atoms with E-state index in [0.717, 1.165) is 0 Å². The summed E-state index contributed by atoms with van der Waals surface area (Å²) in [5.74, 6) is 0. The molecule has 0 spiro atoms. The van der Waals surface area contributed by atoms with Crippen molar-refractivity contribution in [3.8, 4) is 0 Å². The summed E-state index contributed by atoms with van der Waals surface area (Å²) < 4.78 is 0. The number of hydrogen-bond donors (Lipinski definition) is 6. The molecule has 2 aliphatic heterocycles. The predicted octanol–water partition coefficient (Wildman–Crippen LogP) is -2.94. The van der Waals surface area contributed by atoms with E-state index >= 15 is 0 Å². The molecule has 2 aliphatic rings. The molecule has 2 heterocycles. The molecule has 2 fully saturated rings. The van der Waals surface area contributed by atoms with E-state index < -0.39 is 0 Å². The monoisotopic (exact) mass is 174 g/mol. The summed E-state index contributed by atoms with van der Waals surface area (Å²) in [5.41, 5.74) is 14.4. The topological polar surface area (TPSA) is 86.2 Å². The molecule has 2 saturated heterocycles. The van der Waals surface area contributed by atoms with Crippen LogP contribution < -0.4 is 32.8 Å². The third-order valence-electron chi connectivity index (χ3n) is 1.80. The normalized spacial score (nSPS) is 42.6. The Labute approximate surface area is 69.2 Å². The zero-order valence-electron chi connectivity index (χ0n) is 5.72. The molecule has 0 aromatic carbocycles.